The molecule has 3 heterocycles. The molecule has 1 fully saturated rings. The van der Waals surface area contributed by atoms with Crippen LogP contribution < -0.4 is 0 Å². The molecule has 146 valence electrons. The maximum absolute atomic E-state index is 13.8. The third-order valence-corrected chi connectivity index (χ3v) is 8.51. The molecule has 1 aliphatic heterocycles. The van der Waals surface area contributed by atoms with E-state index in [2.05, 4.69) is 71.4 Å². The SMILES string of the molecule is O=C1c2cc3cc4sccc4cc3cc2C2OC2c2cc3cc4sccc4cc3cc21. The van der Waals surface area contributed by atoms with Crippen LogP contribution in [0.2, 0.25) is 0 Å². The normalized spacial score (nSPS) is 19.5. The summed E-state index contributed by atoms with van der Waals surface area (Å²) in [6.07, 6.45) is -0.0725. The van der Waals surface area contributed by atoms with Gasteiger partial charge in [0.2, 0.25) is 0 Å². The molecular weight excluding hydrogens is 420 g/mol. The van der Waals surface area contributed by atoms with E-state index in [0.717, 1.165) is 33.0 Å². The van der Waals surface area contributed by atoms with Gasteiger partial charge in [-0.1, -0.05) is 0 Å². The highest BCUT2D eigenvalue weighted by atomic mass is 32.1. The van der Waals surface area contributed by atoms with E-state index in [-0.39, 0.29) is 18.0 Å². The molecule has 0 radical (unpaired) electrons. The highest BCUT2D eigenvalue weighted by molar-refractivity contribution is 7.17. The third-order valence-electron chi connectivity index (χ3n) is 6.75. The van der Waals surface area contributed by atoms with Crippen molar-refractivity contribution in [2.45, 2.75) is 12.2 Å². The quantitative estimate of drug-likeness (QED) is 0.228. The molecule has 0 saturated carbocycles. The van der Waals surface area contributed by atoms with Crippen LogP contribution in [0.3, 0.4) is 0 Å². The number of carbonyl (C=O) groups excluding carboxylic acids is 1. The Bertz CT molecular complexity index is 1630. The molecule has 2 aliphatic rings. The van der Waals surface area contributed by atoms with Gasteiger partial charge in [0.05, 0.1) is 0 Å². The fourth-order valence-corrected chi connectivity index (χ4v) is 6.79. The number of ketones is 1. The predicted octanol–water partition coefficient (Wildman–Crippen LogP) is 7.78. The summed E-state index contributed by atoms with van der Waals surface area (Å²) in [5, 5.41) is 11.3. The Labute approximate surface area is 185 Å². The Kier molecular flexibility index (Phi) is 3.00. The van der Waals surface area contributed by atoms with Gasteiger partial charge in [-0.05, 0) is 115 Å². The van der Waals surface area contributed by atoms with E-state index in [9.17, 15) is 4.79 Å². The minimum Gasteiger partial charge on any atom is -0.359 e. The van der Waals surface area contributed by atoms with E-state index in [1.54, 1.807) is 22.7 Å². The van der Waals surface area contributed by atoms with Crippen LogP contribution in [-0.2, 0) is 4.74 Å². The van der Waals surface area contributed by atoms with Gasteiger partial charge in [0.1, 0.15) is 12.2 Å². The van der Waals surface area contributed by atoms with E-state index >= 15 is 0 Å². The van der Waals surface area contributed by atoms with Crippen LogP contribution in [0.25, 0.3) is 41.7 Å². The molecule has 2 nitrogen and oxygen atoms in total. The number of hydrogen-bond acceptors (Lipinski definition) is 4. The van der Waals surface area contributed by atoms with Crippen molar-refractivity contribution in [1.29, 1.82) is 0 Å². The molecule has 1 saturated heterocycles. The van der Waals surface area contributed by atoms with Crippen LogP contribution in [0.15, 0.2) is 71.4 Å². The first-order valence-electron chi connectivity index (χ1n) is 10.3. The van der Waals surface area contributed by atoms with E-state index in [0.29, 0.717) is 0 Å². The molecule has 1 aliphatic carbocycles. The van der Waals surface area contributed by atoms with Crippen molar-refractivity contribution in [3.8, 4) is 0 Å². The predicted molar refractivity (Wildman–Crippen MR) is 129 cm³/mol. The van der Waals surface area contributed by atoms with Gasteiger partial charge in [-0.15, -0.1) is 22.7 Å². The largest absolute Gasteiger partial charge is 0.359 e. The Morgan fingerprint density at radius 1 is 0.581 bits per heavy atom. The van der Waals surface area contributed by atoms with Crippen LogP contribution in [0, 0.1) is 0 Å². The second kappa shape index (κ2) is 5.60. The summed E-state index contributed by atoms with van der Waals surface area (Å²) in [4.78, 5) is 13.8. The molecule has 2 aromatic heterocycles. The van der Waals surface area contributed by atoms with Gasteiger partial charge in [0.15, 0.2) is 5.78 Å². The number of thiophene rings is 2. The number of epoxide rings is 1. The molecule has 0 bridgehead atoms. The summed E-state index contributed by atoms with van der Waals surface area (Å²) in [6, 6.07) is 21.6. The molecule has 4 heteroatoms. The van der Waals surface area contributed by atoms with Crippen molar-refractivity contribution in [2.75, 3.05) is 0 Å². The number of hydrogen-bond donors (Lipinski definition) is 0. The van der Waals surface area contributed by atoms with Crippen molar-refractivity contribution in [1.82, 2.24) is 0 Å². The first-order chi connectivity index (χ1) is 15.2. The monoisotopic (exact) mass is 434 g/mol. The van der Waals surface area contributed by atoms with Crippen LogP contribution in [0.4, 0.5) is 0 Å². The molecule has 8 rings (SSSR count). The fourth-order valence-electron chi connectivity index (χ4n) is 5.15. The molecule has 0 N–H and O–H groups in total. The lowest BCUT2D eigenvalue weighted by Crippen LogP contribution is -2.06. The van der Waals surface area contributed by atoms with Crippen LogP contribution in [0.5, 0.6) is 0 Å². The molecule has 0 spiro atoms. The average molecular weight is 435 g/mol. The van der Waals surface area contributed by atoms with Crippen LogP contribution in [0.1, 0.15) is 39.3 Å². The second-order valence-electron chi connectivity index (χ2n) is 8.50. The Balaban J connectivity index is 1.40. The van der Waals surface area contributed by atoms with Crippen molar-refractivity contribution in [2.24, 2.45) is 0 Å². The van der Waals surface area contributed by atoms with Crippen LogP contribution >= 0.6 is 22.7 Å². The van der Waals surface area contributed by atoms with Crippen LogP contribution in [-0.4, -0.2) is 5.78 Å². The van der Waals surface area contributed by atoms with Gasteiger partial charge in [0, 0.05) is 20.5 Å². The van der Waals surface area contributed by atoms with E-state index < -0.39 is 0 Å². The maximum atomic E-state index is 13.8. The second-order valence-corrected chi connectivity index (χ2v) is 10.4. The summed E-state index contributed by atoms with van der Waals surface area (Å²) in [5.74, 6) is 0.112. The molecule has 31 heavy (non-hydrogen) atoms. The van der Waals surface area contributed by atoms with E-state index in [1.165, 1.54) is 30.9 Å². The molecule has 2 atom stereocenters. The average Bonchev–Trinajstić information content (AvgIpc) is 3.23. The minimum atomic E-state index is -0.0364. The summed E-state index contributed by atoms with van der Waals surface area (Å²) in [6.45, 7) is 0. The van der Waals surface area contributed by atoms with E-state index in [4.69, 9.17) is 4.74 Å². The van der Waals surface area contributed by atoms with Gasteiger partial charge < -0.3 is 4.74 Å². The highest BCUT2D eigenvalue weighted by Gasteiger charge is 2.47. The highest BCUT2D eigenvalue weighted by Crippen LogP contribution is 2.56. The molecule has 2 unspecified atom stereocenters. The fraction of sp³-hybridized carbons (Fsp3) is 0.0741. The lowest BCUT2D eigenvalue weighted by atomic mass is 9.93. The number of benzene rings is 4. The maximum Gasteiger partial charge on any atom is 0.193 e. The van der Waals surface area contributed by atoms with Gasteiger partial charge in [-0.25, -0.2) is 0 Å². The third kappa shape index (κ3) is 2.22. The molecule has 4 aromatic carbocycles. The van der Waals surface area contributed by atoms with Gasteiger partial charge >= 0.3 is 0 Å². The Hall–Kier alpha value is -3.05. The molecule has 6 aromatic rings. The Morgan fingerprint density at radius 2 is 1.06 bits per heavy atom. The number of carbonyl (C=O) groups is 1. The number of rotatable bonds is 0. The lowest BCUT2D eigenvalue weighted by molar-refractivity contribution is 0.103. The molecule has 0 amide bonds. The molecular formula is C27H14O2S2. The van der Waals surface area contributed by atoms with Crippen molar-refractivity contribution >= 4 is 70.2 Å². The number of ether oxygens (including phenoxy) is 1. The van der Waals surface area contributed by atoms with Crippen molar-refractivity contribution in [3.05, 3.63) is 93.7 Å². The summed E-state index contributed by atoms with van der Waals surface area (Å²) >= 11 is 3.49. The zero-order valence-corrected chi connectivity index (χ0v) is 17.8. The smallest absolute Gasteiger partial charge is 0.193 e. The summed E-state index contributed by atoms with van der Waals surface area (Å²) in [5.41, 5.74) is 3.62. The summed E-state index contributed by atoms with van der Waals surface area (Å²) < 4.78 is 8.68. The van der Waals surface area contributed by atoms with Crippen molar-refractivity contribution in [3.63, 3.8) is 0 Å². The number of fused-ring (bicyclic) bond motifs is 9. The first kappa shape index (κ1) is 16.6. The lowest BCUT2D eigenvalue weighted by Gasteiger charge is -2.11. The zero-order valence-electron chi connectivity index (χ0n) is 16.2. The van der Waals surface area contributed by atoms with Crippen molar-refractivity contribution < 1.29 is 9.53 Å². The Morgan fingerprint density at radius 3 is 1.65 bits per heavy atom. The zero-order chi connectivity index (χ0) is 20.3. The minimum absolute atomic E-state index is 0.0361. The summed E-state index contributed by atoms with van der Waals surface area (Å²) in [7, 11) is 0. The standard InChI is InChI=1S/C27H14O2S2/c28-25-19-7-15-5-13-1-3-31-24(13)12-18(15)10-22(19)27-26(29-27)21-9-16-6-14-2-4-30-23(14)11-17(16)8-20(21)25/h1-12,26-27H. The van der Waals surface area contributed by atoms with Gasteiger partial charge in [0.25, 0.3) is 0 Å². The van der Waals surface area contributed by atoms with E-state index in [1.807, 2.05) is 0 Å². The topological polar surface area (TPSA) is 29.6 Å². The first-order valence-corrected chi connectivity index (χ1v) is 12.1. The van der Waals surface area contributed by atoms with Gasteiger partial charge in [-0.2, -0.15) is 0 Å². The van der Waals surface area contributed by atoms with Gasteiger partial charge in [-0.3, -0.25) is 4.79 Å².